The number of nitrogens with zero attached hydrogens (tertiary/aromatic N) is 1. The smallest absolute Gasteiger partial charge is 0.257 e. The normalized spacial score (nSPS) is 19.8. The number of aromatic nitrogens is 1. The Morgan fingerprint density at radius 2 is 2.23 bits per heavy atom. The van der Waals surface area contributed by atoms with Crippen molar-refractivity contribution in [1.29, 1.82) is 0 Å². The van der Waals surface area contributed by atoms with Gasteiger partial charge in [-0.05, 0) is 56.2 Å². The van der Waals surface area contributed by atoms with Crippen molar-refractivity contribution < 1.29 is 19.0 Å². The Kier molecular flexibility index (Phi) is 6.11. The molecule has 1 aliphatic rings. The standard InChI is InChI=1S/C19H21FN2O3S/c1-26-16-7-3-6-15(10-16)25-19-17(8-12(20)11-21-19)18(24)22-13-4-2-5-14(23)9-13/h3,6-8,10-11,13-14,23H,2,4-5,9H2,1H3,(H,22,24)/t13-,14+/m1/s1. The van der Waals surface area contributed by atoms with E-state index >= 15 is 0 Å². The van der Waals surface area contributed by atoms with Gasteiger partial charge in [0, 0.05) is 10.9 Å². The molecule has 1 heterocycles. The number of rotatable bonds is 5. The number of carbonyl (C=O) groups is 1. The number of ether oxygens (including phenoxy) is 1. The highest BCUT2D eigenvalue weighted by molar-refractivity contribution is 7.98. The molecule has 1 aromatic carbocycles. The maximum Gasteiger partial charge on any atom is 0.257 e. The van der Waals surface area contributed by atoms with E-state index in [2.05, 4.69) is 10.3 Å². The van der Waals surface area contributed by atoms with Gasteiger partial charge < -0.3 is 15.2 Å². The van der Waals surface area contributed by atoms with Gasteiger partial charge >= 0.3 is 0 Å². The molecule has 1 saturated carbocycles. The van der Waals surface area contributed by atoms with Crippen LogP contribution in [0.5, 0.6) is 11.6 Å². The number of hydrogen-bond donors (Lipinski definition) is 2. The Bertz CT molecular complexity index is 787. The number of benzene rings is 1. The maximum absolute atomic E-state index is 13.7. The number of carbonyl (C=O) groups excluding carboxylic acids is 1. The van der Waals surface area contributed by atoms with Gasteiger partial charge in [-0.1, -0.05) is 6.07 Å². The van der Waals surface area contributed by atoms with Gasteiger partial charge in [0.2, 0.25) is 5.88 Å². The molecule has 7 heteroatoms. The molecule has 138 valence electrons. The first kappa shape index (κ1) is 18.7. The van der Waals surface area contributed by atoms with Crippen LogP contribution in [-0.2, 0) is 0 Å². The van der Waals surface area contributed by atoms with Crippen molar-refractivity contribution in [3.05, 3.63) is 47.9 Å². The summed E-state index contributed by atoms with van der Waals surface area (Å²) in [6.07, 6.45) is 5.44. The van der Waals surface area contributed by atoms with Crippen LogP contribution in [0.4, 0.5) is 4.39 Å². The zero-order valence-electron chi connectivity index (χ0n) is 14.4. The summed E-state index contributed by atoms with van der Waals surface area (Å²) in [4.78, 5) is 17.6. The van der Waals surface area contributed by atoms with E-state index in [1.807, 2.05) is 24.5 Å². The first-order valence-electron chi connectivity index (χ1n) is 8.51. The summed E-state index contributed by atoms with van der Waals surface area (Å²) >= 11 is 1.57. The number of thioether (sulfide) groups is 1. The van der Waals surface area contributed by atoms with E-state index in [9.17, 15) is 14.3 Å². The SMILES string of the molecule is CSc1cccc(Oc2ncc(F)cc2C(=O)N[C@@H]2CCC[C@H](O)C2)c1. The first-order chi connectivity index (χ1) is 12.5. The average Bonchev–Trinajstić information content (AvgIpc) is 2.63. The minimum atomic E-state index is -0.607. The molecule has 1 amide bonds. The summed E-state index contributed by atoms with van der Waals surface area (Å²) in [5.74, 6) is -0.479. The lowest BCUT2D eigenvalue weighted by Gasteiger charge is -2.26. The first-order valence-corrected chi connectivity index (χ1v) is 9.74. The molecule has 2 N–H and O–H groups in total. The summed E-state index contributed by atoms with van der Waals surface area (Å²) in [5.41, 5.74) is 0.0413. The van der Waals surface area contributed by atoms with Gasteiger partial charge in [0.1, 0.15) is 17.1 Å². The van der Waals surface area contributed by atoms with Crippen molar-refractivity contribution in [2.45, 2.75) is 42.7 Å². The second-order valence-electron chi connectivity index (χ2n) is 6.28. The Morgan fingerprint density at radius 1 is 1.38 bits per heavy atom. The van der Waals surface area contributed by atoms with Gasteiger partial charge in [-0.2, -0.15) is 0 Å². The Labute approximate surface area is 156 Å². The van der Waals surface area contributed by atoms with E-state index < -0.39 is 17.8 Å². The molecule has 2 atom stereocenters. The van der Waals surface area contributed by atoms with E-state index in [4.69, 9.17) is 4.74 Å². The van der Waals surface area contributed by atoms with Crippen molar-refractivity contribution in [1.82, 2.24) is 10.3 Å². The van der Waals surface area contributed by atoms with E-state index in [1.165, 1.54) is 0 Å². The van der Waals surface area contributed by atoms with Crippen LogP contribution >= 0.6 is 11.8 Å². The van der Waals surface area contributed by atoms with Gasteiger partial charge in [-0.25, -0.2) is 9.37 Å². The molecule has 5 nitrogen and oxygen atoms in total. The molecule has 3 rings (SSSR count). The van der Waals surface area contributed by atoms with Crippen LogP contribution in [0.1, 0.15) is 36.0 Å². The lowest BCUT2D eigenvalue weighted by atomic mass is 9.93. The lowest BCUT2D eigenvalue weighted by Crippen LogP contribution is -2.39. The fraction of sp³-hybridized carbons (Fsp3) is 0.368. The predicted octanol–water partition coefficient (Wildman–Crippen LogP) is 3.77. The number of aliphatic hydroxyl groups excluding tert-OH is 1. The molecular weight excluding hydrogens is 355 g/mol. The van der Waals surface area contributed by atoms with Gasteiger partial charge in [0.15, 0.2) is 0 Å². The summed E-state index contributed by atoms with van der Waals surface area (Å²) in [6, 6.07) is 8.35. The fourth-order valence-electron chi connectivity index (χ4n) is 3.01. The molecule has 1 fully saturated rings. The number of aliphatic hydroxyl groups is 1. The number of hydrogen-bond acceptors (Lipinski definition) is 5. The third-order valence-electron chi connectivity index (χ3n) is 4.30. The molecule has 0 bridgehead atoms. The van der Waals surface area contributed by atoms with Crippen LogP contribution in [0.3, 0.4) is 0 Å². The van der Waals surface area contributed by atoms with E-state index in [-0.39, 0.29) is 17.5 Å². The second-order valence-corrected chi connectivity index (χ2v) is 7.16. The summed E-state index contributed by atoms with van der Waals surface area (Å²) in [7, 11) is 0. The van der Waals surface area contributed by atoms with E-state index in [1.54, 1.807) is 17.8 Å². The summed E-state index contributed by atoms with van der Waals surface area (Å²) in [6.45, 7) is 0. The monoisotopic (exact) mass is 376 g/mol. The van der Waals surface area contributed by atoms with Crippen molar-refractivity contribution in [2.75, 3.05) is 6.26 Å². The molecule has 0 saturated heterocycles. The van der Waals surface area contributed by atoms with Gasteiger partial charge in [0.25, 0.3) is 5.91 Å². The highest BCUT2D eigenvalue weighted by atomic mass is 32.2. The second kappa shape index (κ2) is 8.51. The maximum atomic E-state index is 13.7. The topological polar surface area (TPSA) is 71.5 Å². The number of halogens is 1. The molecule has 26 heavy (non-hydrogen) atoms. The number of pyridine rings is 1. The minimum Gasteiger partial charge on any atom is -0.438 e. The molecule has 0 spiro atoms. The predicted molar refractivity (Wildman–Crippen MR) is 98.2 cm³/mol. The van der Waals surface area contributed by atoms with Crippen molar-refractivity contribution >= 4 is 17.7 Å². The van der Waals surface area contributed by atoms with Crippen molar-refractivity contribution in [3.8, 4) is 11.6 Å². The average molecular weight is 376 g/mol. The fourth-order valence-corrected chi connectivity index (χ4v) is 3.45. The van der Waals surface area contributed by atoms with Gasteiger partial charge in [-0.15, -0.1) is 11.8 Å². The molecule has 1 aromatic heterocycles. The van der Waals surface area contributed by atoms with E-state index in [0.717, 1.165) is 36.4 Å². The molecule has 0 unspecified atom stereocenters. The quantitative estimate of drug-likeness (QED) is 0.778. The van der Waals surface area contributed by atoms with Gasteiger partial charge in [0.05, 0.1) is 12.3 Å². The van der Waals surface area contributed by atoms with Crippen molar-refractivity contribution in [3.63, 3.8) is 0 Å². The number of amides is 1. The zero-order chi connectivity index (χ0) is 18.5. The lowest BCUT2D eigenvalue weighted by molar-refractivity contribution is 0.0847. The highest BCUT2D eigenvalue weighted by Crippen LogP contribution is 2.27. The third-order valence-corrected chi connectivity index (χ3v) is 5.03. The Balaban J connectivity index is 1.79. The van der Waals surface area contributed by atoms with Crippen LogP contribution in [-0.4, -0.2) is 34.4 Å². The zero-order valence-corrected chi connectivity index (χ0v) is 15.3. The van der Waals surface area contributed by atoms with Crippen LogP contribution in [0.2, 0.25) is 0 Å². The van der Waals surface area contributed by atoms with Crippen LogP contribution in [0.15, 0.2) is 41.4 Å². The molecule has 0 aliphatic heterocycles. The Hall–Kier alpha value is -2.12. The molecule has 2 aromatic rings. The number of nitrogens with one attached hydrogen (secondary N) is 1. The Morgan fingerprint density at radius 3 is 3.00 bits per heavy atom. The van der Waals surface area contributed by atoms with Crippen LogP contribution in [0.25, 0.3) is 0 Å². The molecule has 1 aliphatic carbocycles. The summed E-state index contributed by atoms with van der Waals surface area (Å²) < 4.78 is 19.4. The molecular formula is C19H21FN2O3S. The van der Waals surface area contributed by atoms with Gasteiger partial charge in [-0.3, -0.25) is 4.79 Å². The van der Waals surface area contributed by atoms with Crippen molar-refractivity contribution in [2.24, 2.45) is 0 Å². The van der Waals surface area contributed by atoms with E-state index in [0.29, 0.717) is 12.2 Å². The minimum absolute atomic E-state index is 0.0413. The summed E-state index contributed by atoms with van der Waals surface area (Å²) in [5, 5.41) is 12.6. The highest BCUT2D eigenvalue weighted by Gasteiger charge is 2.24. The van der Waals surface area contributed by atoms with Crippen LogP contribution in [0, 0.1) is 5.82 Å². The molecule has 0 radical (unpaired) electrons. The third kappa shape index (κ3) is 4.74. The largest absolute Gasteiger partial charge is 0.438 e. The van der Waals surface area contributed by atoms with Crippen LogP contribution < -0.4 is 10.1 Å².